The lowest BCUT2D eigenvalue weighted by atomic mass is 9.92. The highest BCUT2D eigenvalue weighted by molar-refractivity contribution is 5.81. The predicted octanol–water partition coefficient (Wildman–Crippen LogP) is 3.48. The number of nitriles is 2. The van der Waals surface area contributed by atoms with Crippen LogP contribution in [-0.4, -0.2) is 23.0 Å². The van der Waals surface area contributed by atoms with Crippen molar-refractivity contribution in [1.82, 2.24) is 9.88 Å². The average Bonchev–Trinajstić information content (AvgIpc) is 2.60. The first-order valence-corrected chi connectivity index (χ1v) is 9.45. The molecular formula is C22H27N5O. The Balaban J connectivity index is 2.64. The minimum absolute atomic E-state index is 0.0162. The molecule has 0 spiro atoms. The molecule has 0 atom stereocenters. The summed E-state index contributed by atoms with van der Waals surface area (Å²) in [6, 6.07) is 11.6. The van der Waals surface area contributed by atoms with E-state index in [1.807, 2.05) is 36.4 Å². The van der Waals surface area contributed by atoms with E-state index in [9.17, 15) is 15.3 Å². The maximum absolute atomic E-state index is 12.3. The summed E-state index contributed by atoms with van der Waals surface area (Å²) in [5.41, 5.74) is 7.32. The zero-order valence-corrected chi connectivity index (χ0v) is 16.9. The van der Waals surface area contributed by atoms with Crippen molar-refractivity contribution in [2.24, 2.45) is 11.8 Å². The van der Waals surface area contributed by atoms with Crippen LogP contribution in [0.1, 0.15) is 44.4 Å². The molecule has 0 aliphatic carbocycles. The number of H-pyrrole nitrogens is 1. The van der Waals surface area contributed by atoms with Crippen LogP contribution in [0.4, 0.5) is 5.82 Å². The van der Waals surface area contributed by atoms with Gasteiger partial charge in [0.15, 0.2) is 0 Å². The van der Waals surface area contributed by atoms with Gasteiger partial charge in [0.25, 0.3) is 5.56 Å². The van der Waals surface area contributed by atoms with E-state index in [0.29, 0.717) is 29.5 Å². The largest absolute Gasteiger partial charge is 0.384 e. The molecule has 0 saturated heterocycles. The molecule has 0 aliphatic rings. The lowest BCUT2D eigenvalue weighted by molar-refractivity contribution is 0.212. The molecule has 0 radical (unpaired) electrons. The fraction of sp³-hybridized carbons (Fsp3) is 0.409. The maximum atomic E-state index is 12.3. The number of anilines is 1. The summed E-state index contributed by atoms with van der Waals surface area (Å²) in [5, 5.41) is 19.2. The highest BCUT2D eigenvalue weighted by Crippen LogP contribution is 2.31. The van der Waals surface area contributed by atoms with E-state index in [0.717, 1.165) is 18.7 Å². The lowest BCUT2D eigenvalue weighted by Crippen LogP contribution is -2.31. The molecular weight excluding hydrogens is 350 g/mol. The third-order valence-electron chi connectivity index (χ3n) is 4.40. The standard InChI is InChI=1S/C22H27N5O/c1-14(2)11-27(12-15(3)4)13-16-7-5-6-8-17(16)20-18(9-23)21(25)26-22(28)19(20)10-24/h5-8,14-15H,11-13H2,1-4H3,(H3,25,26,28). The number of benzene rings is 1. The van der Waals surface area contributed by atoms with Crippen LogP contribution >= 0.6 is 0 Å². The van der Waals surface area contributed by atoms with Crippen molar-refractivity contribution in [1.29, 1.82) is 10.5 Å². The molecule has 146 valence electrons. The average molecular weight is 377 g/mol. The Morgan fingerprint density at radius 3 is 2.14 bits per heavy atom. The van der Waals surface area contributed by atoms with Crippen molar-refractivity contribution in [2.45, 2.75) is 34.2 Å². The minimum atomic E-state index is -0.579. The number of rotatable bonds is 7. The number of pyridine rings is 1. The molecule has 0 fully saturated rings. The summed E-state index contributed by atoms with van der Waals surface area (Å²) in [6.07, 6.45) is 0. The van der Waals surface area contributed by atoms with Gasteiger partial charge in [0, 0.05) is 25.2 Å². The van der Waals surface area contributed by atoms with Gasteiger partial charge in [0.2, 0.25) is 0 Å². The summed E-state index contributed by atoms with van der Waals surface area (Å²) in [7, 11) is 0. The molecule has 0 aliphatic heterocycles. The third-order valence-corrected chi connectivity index (χ3v) is 4.40. The molecule has 1 heterocycles. The van der Waals surface area contributed by atoms with Crippen LogP contribution in [0.15, 0.2) is 29.1 Å². The molecule has 6 nitrogen and oxygen atoms in total. The molecule has 28 heavy (non-hydrogen) atoms. The van der Waals surface area contributed by atoms with Crippen molar-refractivity contribution < 1.29 is 0 Å². The number of aromatic amines is 1. The number of nitrogens with one attached hydrogen (secondary N) is 1. The first-order chi connectivity index (χ1) is 13.3. The minimum Gasteiger partial charge on any atom is -0.384 e. The molecule has 1 aromatic carbocycles. The van der Waals surface area contributed by atoms with Crippen molar-refractivity contribution in [3.63, 3.8) is 0 Å². The van der Waals surface area contributed by atoms with E-state index >= 15 is 0 Å². The van der Waals surface area contributed by atoms with E-state index in [4.69, 9.17) is 5.73 Å². The van der Waals surface area contributed by atoms with Gasteiger partial charge in [0.1, 0.15) is 29.1 Å². The Morgan fingerprint density at radius 1 is 1.04 bits per heavy atom. The van der Waals surface area contributed by atoms with Crippen molar-refractivity contribution in [3.05, 3.63) is 51.3 Å². The van der Waals surface area contributed by atoms with Gasteiger partial charge in [-0.3, -0.25) is 9.69 Å². The first-order valence-electron chi connectivity index (χ1n) is 9.45. The molecule has 0 amide bonds. The second-order valence-corrected chi connectivity index (χ2v) is 7.86. The van der Waals surface area contributed by atoms with E-state index in [1.54, 1.807) is 0 Å². The van der Waals surface area contributed by atoms with Gasteiger partial charge in [-0.15, -0.1) is 0 Å². The van der Waals surface area contributed by atoms with Gasteiger partial charge < -0.3 is 10.7 Å². The Bertz CT molecular complexity index is 966. The van der Waals surface area contributed by atoms with Crippen LogP contribution in [0, 0.1) is 34.5 Å². The van der Waals surface area contributed by atoms with E-state index < -0.39 is 5.56 Å². The first kappa shape index (κ1) is 21.2. The third kappa shape index (κ3) is 4.79. The van der Waals surface area contributed by atoms with Crippen LogP contribution in [0.2, 0.25) is 0 Å². The molecule has 6 heteroatoms. The smallest absolute Gasteiger partial charge is 0.268 e. The SMILES string of the molecule is CC(C)CN(Cc1ccccc1-c1c(C#N)c(N)[nH]c(=O)c1C#N)CC(C)C. The van der Waals surface area contributed by atoms with Gasteiger partial charge in [-0.1, -0.05) is 52.0 Å². The van der Waals surface area contributed by atoms with Crippen molar-refractivity contribution in [3.8, 4) is 23.3 Å². The number of hydrogen-bond acceptors (Lipinski definition) is 5. The van der Waals surface area contributed by atoms with Crippen LogP contribution in [0.5, 0.6) is 0 Å². The second kappa shape index (κ2) is 9.21. The van der Waals surface area contributed by atoms with Crippen LogP contribution in [0.25, 0.3) is 11.1 Å². The monoisotopic (exact) mass is 377 g/mol. The predicted molar refractivity (Wildman–Crippen MR) is 111 cm³/mol. The Kier molecular flexibility index (Phi) is 6.98. The molecule has 3 N–H and O–H groups in total. The van der Waals surface area contributed by atoms with Crippen LogP contribution in [0.3, 0.4) is 0 Å². The lowest BCUT2D eigenvalue weighted by Gasteiger charge is -2.27. The topological polar surface area (TPSA) is 110 Å². The van der Waals surface area contributed by atoms with E-state index in [2.05, 4.69) is 37.6 Å². The number of nitrogen functional groups attached to an aromatic ring is 1. The summed E-state index contributed by atoms with van der Waals surface area (Å²) in [4.78, 5) is 17.0. The zero-order valence-electron chi connectivity index (χ0n) is 16.9. The molecule has 2 rings (SSSR count). The number of aromatic nitrogens is 1. The molecule has 2 aromatic rings. The zero-order chi connectivity index (χ0) is 20.8. The van der Waals surface area contributed by atoms with Gasteiger partial charge in [-0.2, -0.15) is 10.5 Å². The Hall–Kier alpha value is -3.09. The highest BCUT2D eigenvalue weighted by Gasteiger charge is 2.21. The van der Waals surface area contributed by atoms with Crippen LogP contribution in [-0.2, 0) is 6.54 Å². The molecule has 0 saturated carbocycles. The maximum Gasteiger partial charge on any atom is 0.268 e. The molecule has 1 aromatic heterocycles. The fourth-order valence-electron chi connectivity index (χ4n) is 3.49. The van der Waals surface area contributed by atoms with E-state index in [1.165, 1.54) is 0 Å². The summed E-state index contributed by atoms with van der Waals surface area (Å²) >= 11 is 0. The quantitative estimate of drug-likeness (QED) is 0.767. The fourth-order valence-corrected chi connectivity index (χ4v) is 3.49. The number of nitrogens with two attached hydrogens (primary N) is 1. The van der Waals surface area contributed by atoms with E-state index in [-0.39, 0.29) is 16.9 Å². The summed E-state index contributed by atoms with van der Waals surface area (Å²) in [6.45, 7) is 11.2. The molecule has 0 unspecified atom stereocenters. The van der Waals surface area contributed by atoms with Gasteiger partial charge >= 0.3 is 0 Å². The van der Waals surface area contributed by atoms with Crippen molar-refractivity contribution in [2.75, 3.05) is 18.8 Å². The normalized spacial score (nSPS) is 11.0. The highest BCUT2D eigenvalue weighted by atomic mass is 16.1. The molecule has 0 bridgehead atoms. The van der Waals surface area contributed by atoms with Gasteiger partial charge in [0.05, 0.1) is 0 Å². The van der Waals surface area contributed by atoms with Crippen LogP contribution < -0.4 is 11.3 Å². The number of hydrogen-bond donors (Lipinski definition) is 2. The van der Waals surface area contributed by atoms with Crippen molar-refractivity contribution >= 4 is 5.82 Å². The summed E-state index contributed by atoms with van der Waals surface area (Å²) in [5.74, 6) is 0.994. The second-order valence-electron chi connectivity index (χ2n) is 7.86. The van der Waals surface area contributed by atoms with Gasteiger partial charge in [-0.05, 0) is 23.0 Å². The number of nitrogens with zero attached hydrogens (tertiary/aromatic N) is 3. The van der Waals surface area contributed by atoms with Gasteiger partial charge in [-0.25, -0.2) is 0 Å². The summed E-state index contributed by atoms with van der Waals surface area (Å²) < 4.78 is 0. The Morgan fingerprint density at radius 2 is 1.61 bits per heavy atom. The Labute approximate surface area is 166 Å².